The Hall–Kier alpha value is -1.43. The van der Waals surface area contributed by atoms with Crippen molar-refractivity contribution in [1.82, 2.24) is 9.97 Å². The number of nitrogens with zero attached hydrogens (tertiary/aromatic N) is 3. The molecular formula is C10H14FN3O2. The molecule has 0 spiro atoms. The van der Waals surface area contributed by atoms with E-state index in [-0.39, 0.29) is 19.1 Å². The summed E-state index contributed by atoms with van der Waals surface area (Å²) in [7, 11) is 1.48. The van der Waals surface area contributed by atoms with Crippen LogP contribution >= 0.6 is 0 Å². The molecule has 0 radical (unpaired) electrons. The van der Waals surface area contributed by atoms with Crippen LogP contribution in [0.5, 0.6) is 6.01 Å². The van der Waals surface area contributed by atoms with Gasteiger partial charge < -0.3 is 14.7 Å². The van der Waals surface area contributed by atoms with Gasteiger partial charge in [-0.1, -0.05) is 0 Å². The normalized spacial score (nSPS) is 24.9. The largest absolute Gasteiger partial charge is 0.467 e. The Labute approximate surface area is 92.9 Å². The number of anilines is 1. The van der Waals surface area contributed by atoms with Crippen LogP contribution in [0.25, 0.3) is 0 Å². The molecule has 2 unspecified atom stereocenters. The van der Waals surface area contributed by atoms with Crippen LogP contribution in [0, 0.1) is 6.92 Å². The van der Waals surface area contributed by atoms with E-state index in [1.165, 1.54) is 7.11 Å². The first-order valence-corrected chi connectivity index (χ1v) is 5.07. The number of hydrogen-bond acceptors (Lipinski definition) is 5. The summed E-state index contributed by atoms with van der Waals surface area (Å²) in [6.07, 6.45) is -2.16. The van der Waals surface area contributed by atoms with E-state index in [1.807, 2.05) is 6.92 Å². The van der Waals surface area contributed by atoms with Gasteiger partial charge in [-0.15, -0.1) is 0 Å². The zero-order valence-corrected chi connectivity index (χ0v) is 9.22. The number of rotatable bonds is 2. The third-order valence-corrected chi connectivity index (χ3v) is 2.55. The van der Waals surface area contributed by atoms with Crippen LogP contribution in [0.4, 0.5) is 10.2 Å². The average Bonchev–Trinajstić information content (AvgIpc) is 2.58. The number of ether oxygens (including phenoxy) is 1. The first-order chi connectivity index (χ1) is 7.60. The number of aliphatic hydroxyl groups excluding tert-OH is 1. The average molecular weight is 227 g/mol. The van der Waals surface area contributed by atoms with Gasteiger partial charge in [0.1, 0.15) is 18.1 Å². The molecule has 1 N–H and O–H groups in total. The summed E-state index contributed by atoms with van der Waals surface area (Å²) < 4.78 is 18.1. The minimum Gasteiger partial charge on any atom is -0.467 e. The van der Waals surface area contributed by atoms with E-state index in [2.05, 4.69) is 9.97 Å². The number of alkyl halides is 1. The molecule has 1 aromatic heterocycles. The molecule has 1 aliphatic rings. The first kappa shape index (κ1) is 11.1. The Morgan fingerprint density at radius 3 is 2.81 bits per heavy atom. The van der Waals surface area contributed by atoms with Gasteiger partial charge in [-0.25, -0.2) is 9.37 Å². The van der Waals surface area contributed by atoms with Gasteiger partial charge in [0.25, 0.3) is 0 Å². The highest BCUT2D eigenvalue weighted by molar-refractivity contribution is 5.42. The molecular weight excluding hydrogens is 213 g/mol. The molecule has 1 aliphatic heterocycles. The third kappa shape index (κ3) is 2.06. The van der Waals surface area contributed by atoms with Crippen LogP contribution in [0.2, 0.25) is 0 Å². The number of aliphatic hydroxyl groups is 1. The maximum atomic E-state index is 13.2. The first-order valence-electron chi connectivity index (χ1n) is 5.07. The second-order valence-electron chi connectivity index (χ2n) is 3.84. The zero-order chi connectivity index (χ0) is 11.7. The van der Waals surface area contributed by atoms with Crippen LogP contribution in [-0.4, -0.2) is 47.5 Å². The Morgan fingerprint density at radius 2 is 2.25 bits per heavy atom. The van der Waals surface area contributed by atoms with Crippen molar-refractivity contribution in [2.45, 2.75) is 19.2 Å². The lowest BCUT2D eigenvalue weighted by Crippen LogP contribution is -2.22. The van der Waals surface area contributed by atoms with Gasteiger partial charge >= 0.3 is 6.01 Å². The second-order valence-corrected chi connectivity index (χ2v) is 3.84. The van der Waals surface area contributed by atoms with Crippen molar-refractivity contribution in [2.75, 3.05) is 25.1 Å². The predicted molar refractivity (Wildman–Crippen MR) is 56.4 cm³/mol. The van der Waals surface area contributed by atoms with E-state index in [0.29, 0.717) is 5.82 Å². The maximum absolute atomic E-state index is 13.2. The van der Waals surface area contributed by atoms with Crippen molar-refractivity contribution in [3.05, 3.63) is 11.8 Å². The van der Waals surface area contributed by atoms with Crippen LogP contribution in [0.15, 0.2) is 6.07 Å². The van der Waals surface area contributed by atoms with Crippen molar-refractivity contribution in [3.8, 4) is 6.01 Å². The van der Waals surface area contributed by atoms with Crippen molar-refractivity contribution < 1.29 is 14.2 Å². The monoisotopic (exact) mass is 227 g/mol. The van der Waals surface area contributed by atoms with E-state index >= 15 is 0 Å². The fraction of sp³-hybridized carbons (Fsp3) is 0.600. The van der Waals surface area contributed by atoms with Gasteiger partial charge in [0, 0.05) is 18.3 Å². The molecule has 1 aromatic rings. The van der Waals surface area contributed by atoms with Gasteiger partial charge in [-0.3, -0.25) is 0 Å². The maximum Gasteiger partial charge on any atom is 0.318 e. The van der Waals surface area contributed by atoms with Crippen molar-refractivity contribution in [3.63, 3.8) is 0 Å². The molecule has 0 aliphatic carbocycles. The van der Waals surface area contributed by atoms with Gasteiger partial charge in [-0.05, 0) is 6.92 Å². The molecule has 0 amide bonds. The summed E-state index contributed by atoms with van der Waals surface area (Å²) in [5.74, 6) is 0.587. The summed E-state index contributed by atoms with van der Waals surface area (Å²) >= 11 is 0. The van der Waals surface area contributed by atoms with E-state index in [9.17, 15) is 9.50 Å². The number of methoxy groups -OCH3 is 1. The minimum absolute atomic E-state index is 0.154. The standard InChI is InChI=1S/C10H14FN3O2/c1-6-3-9(13-10(12-6)16-2)14-4-7(11)8(15)5-14/h3,7-8,15H,4-5H2,1-2H3. The second kappa shape index (κ2) is 4.21. The quantitative estimate of drug-likeness (QED) is 0.788. The van der Waals surface area contributed by atoms with Crippen molar-refractivity contribution >= 4 is 5.82 Å². The van der Waals surface area contributed by atoms with Crippen LogP contribution in [0.3, 0.4) is 0 Å². The molecule has 2 rings (SSSR count). The van der Waals surface area contributed by atoms with Gasteiger partial charge in [0.15, 0.2) is 0 Å². The smallest absolute Gasteiger partial charge is 0.318 e. The highest BCUT2D eigenvalue weighted by Gasteiger charge is 2.32. The van der Waals surface area contributed by atoms with E-state index < -0.39 is 12.3 Å². The lowest BCUT2D eigenvalue weighted by Gasteiger charge is -2.16. The molecule has 6 heteroatoms. The molecule has 2 heterocycles. The molecule has 5 nitrogen and oxygen atoms in total. The zero-order valence-electron chi connectivity index (χ0n) is 9.22. The predicted octanol–water partition coefficient (Wildman–Crippen LogP) is 0.313. The van der Waals surface area contributed by atoms with Crippen LogP contribution < -0.4 is 9.64 Å². The number of aryl methyl sites for hydroxylation is 1. The lowest BCUT2D eigenvalue weighted by atomic mass is 10.3. The van der Waals surface area contributed by atoms with E-state index in [0.717, 1.165) is 5.69 Å². The van der Waals surface area contributed by atoms with Gasteiger partial charge in [0.2, 0.25) is 0 Å². The Morgan fingerprint density at radius 1 is 1.50 bits per heavy atom. The fourth-order valence-electron chi connectivity index (χ4n) is 1.71. The summed E-state index contributed by atoms with van der Waals surface area (Å²) in [6.45, 7) is 2.22. The molecule has 0 saturated carbocycles. The number of hydrogen-bond donors (Lipinski definition) is 1. The minimum atomic E-state index is -1.22. The SMILES string of the molecule is COc1nc(C)cc(N2CC(O)C(F)C2)n1. The summed E-state index contributed by atoms with van der Waals surface area (Å²) in [5, 5.41) is 9.33. The Balaban J connectivity index is 2.24. The van der Waals surface area contributed by atoms with Gasteiger partial charge in [0.05, 0.1) is 13.7 Å². The third-order valence-electron chi connectivity index (χ3n) is 2.55. The van der Waals surface area contributed by atoms with Crippen LogP contribution in [-0.2, 0) is 0 Å². The topological polar surface area (TPSA) is 58.5 Å². The number of aromatic nitrogens is 2. The molecule has 0 bridgehead atoms. The lowest BCUT2D eigenvalue weighted by molar-refractivity contribution is 0.118. The van der Waals surface area contributed by atoms with Crippen LogP contribution in [0.1, 0.15) is 5.69 Å². The van der Waals surface area contributed by atoms with E-state index in [1.54, 1.807) is 11.0 Å². The highest BCUT2D eigenvalue weighted by Crippen LogP contribution is 2.22. The molecule has 0 aromatic carbocycles. The molecule has 1 fully saturated rings. The number of halogens is 1. The number of β-amino-alcohol motifs (C(OH)–C–C–N with tert-alkyl or cyclic N) is 1. The molecule has 16 heavy (non-hydrogen) atoms. The van der Waals surface area contributed by atoms with Crippen molar-refractivity contribution in [2.24, 2.45) is 0 Å². The fourth-order valence-corrected chi connectivity index (χ4v) is 1.71. The molecule has 88 valence electrons. The van der Waals surface area contributed by atoms with Gasteiger partial charge in [-0.2, -0.15) is 4.98 Å². The van der Waals surface area contributed by atoms with E-state index in [4.69, 9.17) is 4.74 Å². The molecule has 1 saturated heterocycles. The summed E-state index contributed by atoms with van der Waals surface area (Å²) in [6, 6.07) is 2.00. The summed E-state index contributed by atoms with van der Waals surface area (Å²) in [5.41, 5.74) is 0.749. The highest BCUT2D eigenvalue weighted by atomic mass is 19.1. The Bertz CT molecular complexity index is 378. The molecule has 2 atom stereocenters. The Kier molecular flexibility index (Phi) is 2.91. The van der Waals surface area contributed by atoms with Crippen molar-refractivity contribution in [1.29, 1.82) is 0 Å². The summed E-state index contributed by atoms with van der Waals surface area (Å²) in [4.78, 5) is 9.85.